The molecule has 37 heavy (non-hydrogen) atoms. The molecular weight excluding hydrogens is 453 g/mol. The van der Waals surface area contributed by atoms with Crippen LogP contribution in [0.15, 0.2) is 109 Å². The minimum absolute atomic E-state index is 0.0364. The minimum atomic E-state index is 0.0364. The van der Waals surface area contributed by atoms with Gasteiger partial charge in [-0.3, -0.25) is 4.90 Å². The van der Waals surface area contributed by atoms with Crippen LogP contribution in [0.2, 0.25) is 0 Å². The van der Waals surface area contributed by atoms with Crippen molar-refractivity contribution in [2.24, 2.45) is 0 Å². The van der Waals surface area contributed by atoms with Crippen LogP contribution in [0.25, 0.3) is 4.85 Å². The van der Waals surface area contributed by atoms with Crippen molar-refractivity contribution in [3.8, 4) is 6.07 Å². The zero-order valence-corrected chi connectivity index (χ0v) is 19.7. The number of benzene rings is 4. The number of rotatable bonds is 2. The highest BCUT2D eigenvalue weighted by atomic mass is 15.2. The number of hydrogen-bond acceptors (Lipinski definition) is 4. The van der Waals surface area contributed by atoms with Crippen molar-refractivity contribution in [2.45, 2.75) is 0 Å². The third kappa shape index (κ3) is 3.07. The van der Waals surface area contributed by atoms with Gasteiger partial charge in [0.1, 0.15) is 0 Å². The Labute approximate surface area is 215 Å². The Morgan fingerprint density at radius 1 is 0.703 bits per heavy atom. The lowest BCUT2D eigenvalue weighted by molar-refractivity contribution is 1.18. The molecule has 5 aromatic rings. The van der Waals surface area contributed by atoms with Crippen LogP contribution in [-0.4, -0.2) is 11.7 Å². The summed E-state index contributed by atoms with van der Waals surface area (Å²) in [7, 11) is 0. The van der Waals surface area contributed by atoms with Crippen molar-refractivity contribution in [2.75, 3.05) is 9.80 Å². The molecule has 0 spiro atoms. The molecule has 2 aliphatic rings. The molecule has 0 saturated carbocycles. The molecule has 0 bridgehead atoms. The zero-order valence-electron chi connectivity index (χ0n) is 19.7. The largest absolute Gasteiger partial charge is 0.361 e. The molecule has 5 nitrogen and oxygen atoms in total. The van der Waals surface area contributed by atoms with E-state index in [1.54, 1.807) is 6.07 Å². The van der Waals surface area contributed by atoms with E-state index in [4.69, 9.17) is 6.57 Å². The molecule has 0 amide bonds. The van der Waals surface area contributed by atoms with E-state index >= 15 is 0 Å². The molecule has 4 aromatic carbocycles. The molecule has 1 aromatic heterocycles. The van der Waals surface area contributed by atoms with Gasteiger partial charge in [0, 0.05) is 40.1 Å². The van der Waals surface area contributed by atoms with Crippen molar-refractivity contribution < 1.29 is 0 Å². The van der Waals surface area contributed by atoms with Gasteiger partial charge in [-0.05, 0) is 58.9 Å². The Morgan fingerprint density at radius 2 is 1.30 bits per heavy atom. The second-order valence-corrected chi connectivity index (χ2v) is 9.06. The van der Waals surface area contributed by atoms with Crippen molar-refractivity contribution in [1.29, 1.82) is 5.26 Å². The fourth-order valence-electron chi connectivity index (χ4n) is 5.68. The highest BCUT2D eigenvalue weighted by molar-refractivity contribution is 7.00. The summed E-state index contributed by atoms with van der Waals surface area (Å²) >= 11 is 0. The van der Waals surface area contributed by atoms with Gasteiger partial charge in [0.25, 0.3) is 12.5 Å². The summed E-state index contributed by atoms with van der Waals surface area (Å²) in [4.78, 5) is 12.6. The number of hydrogen-bond donors (Lipinski definition) is 0. The highest BCUT2D eigenvalue weighted by Crippen LogP contribution is 2.43. The SMILES string of the molecule is [C-]#[N+]c1cc(C#N)cc(N2c3ccccc3B3c4ccccc4N(c4ccccc4)c4cccc2c43)n1. The zero-order chi connectivity index (χ0) is 24.9. The highest BCUT2D eigenvalue weighted by Gasteiger charge is 2.43. The van der Waals surface area contributed by atoms with E-state index in [0.29, 0.717) is 11.4 Å². The average Bonchev–Trinajstić information content (AvgIpc) is 2.97. The lowest BCUT2D eigenvalue weighted by atomic mass is 9.33. The number of aromatic nitrogens is 1. The molecule has 0 radical (unpaired) electrons. The van der Waals surface area contributed by atoms with E-state index < -0.39 is 0 Å². The van der Waals surface area contributed by atoms with Gasteiger partial charge in [0.2, 0.25) is 5.82 Å². The smallest absolute Gasteiger partial charge is 0.273 e. The minimum Gasteiger partial charge on any atom is -0.361 e. The summed E-state index contributed by atoms with van der Waals surface area (Å²) in [5, 5.41) is 9.67. The number of nitrogens with zero attached hydrogens (tertiary/aromatic N) is 5. The van der Waals surface area contributed by atoms with E-state index in [-0.39, 0.29) is 12.5 Å². The van der Waals surface area contributed by atoms with Crippen LogP contribution in [0, 0.1) is 17.9 Å². The first-order valence-electron chi connectivity index (χ1n) is 12.0. The van der Waals surface area contributed by atoms with E-state index in [1.807, 2.05) is 12.1 Å². The van der Waals surface area contributed by atoms with Gasteiger partial charge in [-0.25, -0.2) is 0 Å². The summed E-state index contributed by atoms with van der Waals surface area (Å²) in [6.07, 6.45) is 0. The van der Waals surface area contributed by atoms with E-state index in [2.05, 4.69) is 111 Å². The van der Waals surface area contributed by atoms with Gasteiger partial charge in [-0.1, -0.05) is 67.2 Å². The number of para-hydroxylation sites is 3. The maximum absolute atomic E-state index is 9.67. The molecule has 0 aliphatic carbocycles. The first-order valence-corrected chi connectivity index (χ1v) is 12.0. The summed E-state index contributed by atoms with van der Waals surface area (Å²) in [5.41, 5.74) is 9.34. The molecule has 7 rings (SSSR count). The van der Waals surface area contributed by atoms with Gasteiger partial charge in [0.05, 0.1) is 6.07 Å². The van der Waals surface area contributed by atoms with Gasteiger partial charge >= 0.3 is 0 Å². The third-order valence-electron chi connectivity index (χ3n) is 7.09. The van der Waals surface area contributed by atoms with Gasteiger partial charge in [0.15, 0.2) is 0 Å². The maximum atomic E-state index is 9.67. The second-order valence-electron chi connectivity index (χ2n) is 9.06. The number of nitriles is 1. The van der Waals surface area contributed by atoms with Crippen LogP contribution in [0.5, 0.6) is 0 Å². The molecule has 3 heterocycles. The summed E-state index contributed by atoms with van der Waals surface area (Å²) in [5.74, 6) is 0.768. The van der Waals surface area contributed by atoms with Crippen LogP contribution in [0.4, 0.5) is 40.1 Å². The Bertz CT molecular complexity index is 1750. The lowest BCUT2D eigenvalue weighted by Gasteiger charge is -2.43. The number of pyridine rings is 1. The van der Waals surface area contributed by atoms with Crippen LogP contribution in [0.1, 0.15) is 5.56 Å². The fourth-order valence-corrected chi connectivity index (χ4v) is 5.68. The topological polar surface area (TPSA) is 47.5 Å². The average molecular weight is 471 g/mol. The monoisotopic (exact) mass is 471 g/mol. The molecule has 0 fully saturated rings. The Morgan fingerprint density at radius 3 is 1.97 bits per heavy atom. The Balaban J connectivity index is 1.57. The molecule has 6 heteroatoms. The van der Waals surface area contributed by atoms with Crippen LogP contribution >= 0.6 is 0 Å². The summed E-state index contributed by atoms with van der Waals surface area (Å²) in [6, 6.07) is 39.2. The van der Waals surface area contributed by atoms with Crippen molar-refractivity contribution >= 4 is 63.2 Å². The third-order valence-corrected chi connectivity index (χ3v) is 7.09. The molecular formula is C31H18BN5. The standard InChI is InChI=1S/C31H18BN5/c1-34-29-18-21(20-33)19-30(35-29)37-26-15-8-6-13-24(26)32-23-12-5-7-14-25(23)36(22-10-3-2-4-11-22)27-16-9-17-28(37)31(27)32/h2-19H. The Hall–Kier alpha value is -5.33. The predicted molar refractivity (Wildman–Crippen MR) is 149 cm³/mol. The van der Waals surface area contributed by atoms with E-state index in [9.17, 15) is 5.26 Å². The number of fused-ring (bicyclic) bond motifs is 4. The fraction of sp³-hybridized carbons (Fsp3) is 0. The first-order chi connectivity index (χ1) is 18.3. The van der Waals surface area contributed by atoms with Gasteiger partial charge < -0.3 is 9.74 Å². The van der Waals surface area contributed by atoms with Crippen molar-refractivity contribution in [3.63, 3.8) is 0 Å². The lowest BCUT2D eigenvalue weighted by Crippen LogP contribution is -2.61. The summed E-state index contributed by atoms with van der Waals surface area (Å²) < 4.78 is 0. The maximum Gasteiger partial charge on any atom is 0.273 e. The molecule has 2 aliphatic heterocycles. The molecule has 170 valence electrons. The number of anilines is 6. The van der Waals surface area contributed by atoms with Crippen molar-refractivity contribution in [3.05, 3.63) is 126 Å². The van der Waals surface area contributed by atoms with Crippen molar-refractivity contribution in [1.82, 2.24) is 4.98 Å². The second kappa shape index (κ2) is 8.12. The van der Waals surface area contributed by atoms with Gasteiger partial charge in [-0.2, -0.15) is 5.26 Å². The quantitative estimate of drug-likeness (QED) is 0.244. The summed E-state index contributed by atoms with van der Waals surface area (Å²) in [6.45, 7) is 7.59. The van der Waals surface area contributed by atoms with E-state index in [1.165, 1.54) is 17.0 Å². The molecule has 0 atom stereocenters. The Kier molecular flexibility index (Phi) is 4.61. The molecule has 0 saturated heterocycles. The van der Waals surface area contributed by atoms with Crippen LogP contribution in [0.3, 0.4) is 0 Å². The van der Waals surface area contributed by atoms with E-state index in [0.717, 1.165) is 33.9 Å². The first kappa shape index (κ1) is 21.0. The van der Waals surface area contributed by atoms with Crippen LogP contribution in [-0.2, 0) is 0 Å². The molecule has 0 unspecified atom stereocenters. The van der Waals surface area contributed by atoms with Crippen LogP contribution < -0.4 is 26.2 Å². The normalized spacial score (nSPS) is 12.6. The molecule has 0 N–H and O–H groups in total. The predicted octanol–water partition coefficient (Wildman–Crippen LogP) is 5.59. The van der Waals surface area contributed by atoms with Gasteiger partial charge in [-0.15, -0.1) is 4.98 Å².